The first-order chi connectivity index (χ1) is 11.9. The van der Waals surface area contributed by atoms with Gasteiger partial charge in [0.25, 0.3) is 11.8 Å². The first-order valence-electron chi connectivity index (χ1n) is 8.44. The third-order valence-electron chi connectivity index (χ3n) is 4.21. The van der Waals surface area contributed by atoms with E-state index in [1.807, 2.05) is 50.2 Å². The van der Waals surface area contributed by atoms with E-state index < -0.39 is 0 Å². The summed E-state index contributed by atoms with van der Waals surface area (Å²) in [6.45, 7) is 1.98. The van der Waals surface area contributed by atoms with E-state index in [9.17, 15) is 9.59 Å². The average molecular weight is 337 g/mol. The predicted octanol–water partition coefficient (Wildman–Crippen LogP) is 3.21. The number of carbonyl (C=O) groups excluding carboxylic acids is 2. The zero-order valence-electron chi connectivity index (χ0n) is 14.8. The van der Waals surface area contributed by atoms with Crippen molar-refractivity contribution in [3.05, 3.63) is 59.2 Å². The molecule has 0 atom stereocenters. The van der Waals surface area contributed by atoms with Crippen LogP contribution in [-0.2, 0) is 0 Å². The van der Waals surface area contributed by atoms with Crippen LogP contribution in [0.1, 0.15) is 39.1 Å². The predicted molar refractivity (Wildman–Crippen MR) is 100 cm³/mol. The zero-order chi connectivity index (χ0) is 18.0. The van der Waals surface area contributed by atoms with Crippen LogP contribution in [0, 0.1) is 6.92 Å². The Bertz CT molecular complexity index is 793. The Hall–Kier alpha value is -2.82. The van der Waals surface area contributed by atoms with E-state index in [1.165, 1.54) is 0 Å². The number of carbonyl (C=O) groups is 2. The molecule has 1 fully saturated rings. The van der Waals surface area contributed by atoms with Crippen molar-refractivity contribution in [2.45, 2.75) is 25.8 Å². The summed E-state index contributed by atoms with van der Waals surface area (Å²) in [6, 6.07) is 13.1. The molecular weight excluding hydrogens is 314 g/mol. The van der Waals surface area contributed by atoms with Gasteiger partial charge in [0.05, 0.1) is 5.56 Å². The third-order valence-corrected chi connectivity index (χ3v) is 4.21. The molecule has 2 amide bonds. The lowest BCUT2D eigenvalue weighted by Crippen LogP contribution is -2.27. The number of rotatable bonds is 5. The van der Waals surface area contributed by atoms with E-state index in [-0.39, 0.29) is 17.9 Å². The van der Waals surface area contributed by atoms with E-state index in [0.29, 0.717) is 16.8 Å². The largest absolute Gasteiger partial charge is 0.377 e. The van der Waals surface area contributed by atoms with Gasteiger partial charge in [0.2, 0.25) is 0 Å². The highest BCUT2D eigenvalue weighted by atomic mass is 16.2. The molecule has 1 saturated carbocycles. The minimum Gasteiger partial charge on any atom is -0.377 e. The van der Waals surface area contributed by atoms with Crippen LogP contribution in [0.3, 0.4) is 0 Å². The van der Waals surface area contributed by atoms with Gasteiger partial charge < -0.3 is 15.5 Å². The molecule has 2 aromatic carbocycles. The first-order valence-corrected chi connectivity index (χ1v) is 8.44. The summed E-state index contributed by atoms with van der Waals surface area (Å²) in [7, 11) is 3.79. The van der Waals surface area contributed by atoms with Crippen LogP contribution in [0.5, 0.6) is 0 Å². The van der Waals surface area contributed by atoms with Crippen LogP contribution < -0.4 is 15.5 Å². The minimum atomic E-state index is -0.189. The van der Waals surface area contributed by atoms with Crippen molar-refractivity contribution >= 4 is 23.2 Å². The van der Waals surface area contributed by atoms with E-state index >= 15 is 0 Å². The molecule has 1 aliphatic carbocycles. The van der Waals surface area contributed by atoms with E-state index in [2.05, 4.69) is 10.6 Å². The molecule has 0 radical (unpaired) electrons. The Labute approximate surface area is 148 Å². The summed E-state index contributed by atoms with van der Waals surface area (Å²) in [4.78, 5) is 26.8. The Balaban J connectivity index is 1.82. The van der Waals surface area contributed by atoms with Gasteiger partial charge in [-0.25, -0.2) is 0 Å². The quantitative estimate of drug-likeness (QED) is 0.881. The van der Waals surface area contributed by atoms with Gasteiger partial charge in [0, 0.05) is 37.1 Å². The molecule has 2 aromatic rings. The SMILES string of the molecule is Cc1ccc(C(=O)Nc2ccc(N(C)C)c(C(=O)NC3CC3)c2)cc1. The molecule has 2 N–H and O–H groups in total. The zero-order valence-corrected chi connectivity index (χ0v) is 14.8. The number of nitrogens with one attached hydrogen (secondary N) is 2. The van der Waals surface area contributed by atoms with E-state index in [0.717, 1.165) is 24.1 Å². The molecule has 0 aromatic heterocycles. The molecule has 0 saturated heterocycles. The molecule has 130 valence electrons. The molecule has 0 bridgehead atoms. The molecule has 0 unspecified atom stereocenters. The monoisotopic (exact) mass is 337 g/mol. The highest BCUT2D eigenvalue weighted by Gasteiger charge is 2.25. The fourth-order valence-electron chi connectivity index (χ4n) is 2.58. The molecule has 0 aliphatic heterocycles. The number of nitrogens with zero attached hydrogens (tertiary/aromatic N) is 1. The number of benzene rings is 2. The highest BCUT2D eigenvalue weighted by Crippen LogP contribution is 2.25. The lowest BCUT2D eigenvalue weighted by atomic mass is 10.1. The molecule has 0 spiro atoms. The average Bonchev–Trinajstić information content (AvgIpc) is 3.39. The molecule has 25 heavy (non-hydrogen) atoms. The standard InChI is InChI=1S/C20H23N3O2/c1-13-4-6-14(7-5-13)19(24)22-16-10-11-18(23(2)3)17(12-16)20(25)21-15-8-9-15/h4-7,10-12,15H,8-9H2,1-3H3,(H,21,25)(H,22,24). The van der Waals surface area contributed by atoms with Crippen LogP contribution in [0.15, 0.2) is 42.5 Å². The van der Waals surface area contributed by atoms with Crippen LogP contribution in [0.4, 0.5) is 11.4 Å². The summed E-state index contributed by atoms with van der Waals surface area (Å²) >= 11 is 0. The van der Waals surface area contributed by atoms with Crippen molar-refractivity contribution < 1.29 is 9.59 Å². The lowest BCUT2D eigenvalue weighted by molar-refractivity contribution is 0.0950. The summed E-state index contributed by atoms with van der Waals surface area (Å²) in [5.41, 5.74) is 3.69. The maximum atomic E-state index is 12.5. The molecule has 1 aliphatic rings. The maximum absolute atomic E-state index is 12.5. The molecule has 3 rings (SSSR count). The van der Waals surface area contributed by atoms with Crippen LogP contribution in [0.25, 0.3) is 0 Å². The van der Waals surface area contributed by atoms with Crippen molar-refractivity contribution in [1.82, 2.24) is 5.32 Å². The normalized spacial score (nSPS) is 13.2. The number of aryl methyl sites for hydroxylation is 1. The van der Waals surface area contributed by atoms with Crippen molar-refractivity contribution in [2.75, 3.05) is 24.3 Å². The molecule has 5 heteroatoms. The topological polar surface area (TPSA) is 61.4 Å². The fraction of sp³-hybridized carbons (Fsp3) is 0.300. The number of anilines is 2. The maximum Gasteiger partial charge on any atom is 0.255 e. The van der Waals surface area contributed by atoms with Crippen molar-refractivity contribution in [2.24, 2.45) is 0 Å². The Morgan fingerprint density at radius 1 is 1.00 bits per heavy atom. The van der Waals surface area contributed by atoms with Crippen molar-refractivity contribution in [1.29, 1.82) is 0 Å². The van der Waals surface area contributed by atoms with Crippen molar-refractivity contribution in [3.8, 4) is 0 Å². The second-order valence-electron chi connectivity index (χ2n) is 6.69. The Morgan fingerprint density at radius 2 is 1.68 bits per heavy atom. The number of hydrogen-bond donors (Lipinski definition) is 2. The lowest BCUT2D eigenvalue weighted by Gasteiger charge is -2.18. The van der Waals surface area contributed by atoms with E-state index in [1.54, 1.807) is 18.2 Å². The second kappa shape index (κ2) is 6.97. The second-order valence-corrected chi connectivity index (χ2v) is 6.69. The van der Waals surface area contributed by atoms with Crippen LogP contribution in [-0.4, -0.2) is 32.0 Å². The fourth-order valence-corrected chi connectivity index (χ4v) is 2.58. The van der Waals surface area contributed by atoms with Gasteiger partial charge in [-0.3, -0.25) is 9.59 Å². The Morgan fingerprint density at radius 3 is 2.28 bits per heavy atom. The summed E-state index contributed by atoms with van der Waals surface area (Å²) in [6.07, 6.45) is 2.07. The Kier molecular flexibility index (Phi) is 4.74. The smallest absolute Gasteiger partial charge is 0.255 e. The molecular formula is C20H23N3O2. The van der Waals surface area contributed by atoms with Crippen molar-refractivity contribution in [3.63, 3.8) is 0 Å². The molecule has 0 heterocycles. The molecule has 5 nitrogen and oxygen atoms in total. The highest BCUT2D eigenvalue weighted by molar-refractivity contribution is 6.06. The summed E-state index contributed by atoms with van der Waals surface area (Å²) < 4.78 is 0. The van der Waals surface area contributed by atoms with Gasteiger partial charge in [-0.15, -0.1) is 0 Å². The number of amides is 2. The first kappa shape index (κ1) is 17.0. The number of hydrogen-bond acceptors (Lipinski definition) is 3. The van der Waals surface area contributed by atoms with Gasteiger partial charge >= 0.3 is 0 Å². The van der Waals surface area contributed by atoms with Gasteiger partial charge in [0.1, 0.15) is 0 Å². The van der Waals surface area contributed by atoms with E-state index in [4.69, 9.17) is 0 Å². The van der Waals surface area contributed by atoms with Gasteiger partial charge in [-0.1, -0.05) is 17.7 Å². The van der Waals surface area contributed by atoms with Crippen LogP contribution >= 0.6 is 0 Å². The summed E-state index contributed by atoms with van der Waals surface area (Å²) in [5.74, 6) is -0.288. The summed E-state index contributed by atoms with van der Waals surface area (Å²) in [5, 5.41) is 5.88. The third kappa shape index (κ3) is 4.18. The van der Waals surface area contributed by atoms with Gasteiger partial charge in [0.15, 0.2) is 0 Å². The van der Waals surface area contributed by atoms with Gasteiger partial charge in [-0.05, 0) is 50.1 Å². The van der Waals surface area contributed by atoms with Crippen LogP contribution in [0.2, 0.25) is 0 Å². The van der Waals surface area contributed by atoms with Gasteiger partial charge in [-0.2, -0.15) is 0 Å². The minimum absolute atomic E-state index is 0.0994.